The molecule has 4 rings (SSSR count). The van der Waals surface area contributed by atoms with Crippen molar-refractivity contribution in [1.29, 1.82) is 0 Å². The lowest BCUT2D eigenvalue weighted by Crippen LogP contribution is -2.30. The summed E-state index contributed by atoms with van der Waals surface area (Å²) in [4.78, 5) is 33.1. The lowest BCUT2D eigenvalue weighted by molar-refractivity contribution is -0.122. The summed E-state index contributed by atoms with van der Waals surface area (Å²) in [5, 5.41) is 3.49. The number of thioether (sulfide) groups is 1. The number of carbonyl (C=O) groups excluding carboxylic acids is 1. The van der Waals surface area contributed by atoms with Crippen molar-refractivity contribution in [3.05, 3.63) is 45.2 Å². The van der Waals surface area contributed by atoms with Crippen molar-refractivity contribution >= 4 is 51.7 Å². The van der Waals surface area contributed by atoms with Crippen molar-refractivity contribution in [1.82, 2.24) is 14.3 Å². The van der Waals surface area contributed by atoms with E-state index in [0.29, 0.717) is 52.4 Å². The molecule has 0 aromatic carbocycles. The molecule has 9 heteroatoms. The van der Waals surface area contributed by atoms with Gasteiger partial charge >= 0.3 is 0 Å². The molecular weight excluding hydrogens is 444 g/mol. The highest BCUT2D eigenvalue weighted by molar-refractivity contribution is 8.26. The van der Waals surface area contributed by atoms with Crippen LogP contribution in [-0.4, -0.2) is 50.3 Å². The van der Waals surface area contributed by atoms with Crippen molar-refractivity contribution in [2.45, 2.75) is 51.5 Å². The maximum atomic E-state index is 13.3. The van der Waals surface area contributed by atoms with Crippen LogP contribution in [0.1, 0.15) is 51.0 Å². The van der Waals surface area contributed by atoms with Crippen LogP contribution >= 0.6 is 24.0 Å². The Morgan fingerprint density at radius 1 is 1.28 bits per heavy atom. The number of pyridine rings is 1. The molecule has 0 radical (unpaired) electrons. The maximum Gasteiger partial charge on any atom is 0.267 e. The van der Waals surface area contributed by atoms with Gasteiger partial charge in [-0.15, -0.1) is 0 Å². The first-order valence-electron chi connectivity index (χ1n) is 11.2. The molecule has 0 spiro atoms. The van der Waals surface area contributed by atoms with Crippen LogP contribution in [-0.2, 0) is 9.53 Å². The Morgan fingerprint density at radius 2 is 2.09 bits per heavy atom. The van der Waals surface area contributed by atoms with Gasteiger partial charge < -0.3 is 10.1 Å². The van der Waals surface area contributed by atoms with Gasteiger partial charge in [0, 0.05) is 32.0 Å². The Hall–Kier alpha value is -2.23. The van der Waals surface area contributed by atoms with Crippen molar-refractivity contribution in [2.24, 2.45) is 0 Å². The Kier molecular flexibility index (Phi) is 7.59. The van der Waals surface area contributed by atoms with E-state index in [4.69, 9.17) is 21.9 Å². The summed E-state index contributed by atoms with van der Waals surface area (Å²) in [6, 6.07) is 5.75. The second-order valence-corrected chi connectivity index (χ2v) is 9.65. The van der Waals surface area contributed by atoms with Crippen LogP contribution in [0.25, 0.3) is 11.7 Å². The van der Waals surface area contributed by atoms with Gasteiger partial charge in [-0.3, -0.25) is 18.9 Å². The Morgan fingerprint density at radius 3 is 2.88 bits per heavy atom. The number of nitrogens with zero attached hydrogens (tertiary/aromatic N) is 3. The molecular formula is C23H28N4O3S2. The molecule has 3 heterocycles. The Balaban J connectivity index is 1.66. The van der Waals surface area contributed by atoms with Gasteiger partial charge in [-0.1, -0.05) is 49.3 Å². The van der Waals surface area contributed by atoms with Gasteiger partial charge in [0.1, 0.15) is 15.8 Å². The third-order valence-electron chi connectivity index (χ3n) is 5.74. The minimum absolute atomic E-state index is 0.169. The predicted octanol–water partition coefficient (Wildman–Crippen LogP) is 4.07. The maximum absolute atomic E-state index is 13.3. The summed E-state index contributed by atoms with van der Waals surface area (Å²) < 4.78 is 7.39. The van der Waals surface area contributed by atoms with E-state index in [2.05, 4.69) is 5.32 Å². The summed E-state index contributed by atoms with van der Waals surface area (Å²) in [5.41, 5.74) is 0.779. The molecule has 1 aliphatic carbocycles. The Bertz CT molecular complexity index is 1090. The van der Waals surface area contributed by atoms with Crippen LogP contribution in [0.4, 0.5) is 5.82 Å². The summed E-state index contributed by atoms with van der Waals surface area (Å²) in [6.45, 7) is 3.67. The Labute approximate surface area is 197 Å². The number of hydrogen-bond acceptors (Lipinski definition) is 7. The minimum atomic E-state index is -0.199. The summed E-state index contributed by atoms with van der Waals surface area (Å²) in [7, 11) is 0. The molecule has 2 aliphatic rings. The van der Waals surface area contributed by atoms with Crippen molar-refractivity contribution in [2.75, 3.05) is 25.1 Å². The first-order chi connectivity index (χ1) is 15.6. The van der Waals surface area contributed by atoms with Crippen molar-refractivity contribution in [3.63, 3.8) is 0 Å². The zero-order valence-corrected chi connectivity index (χ0v) is 19.8. The number of hydrogen-bond donors (Lipinski definition) is 1. The van der Waals surface area contributed by atoms with Crippen LogP contribution in [0.5, 0.6) is 0 Å². The van der Waals surface area contributed by atoms with Gasteiger partial charge in [-0.05, 0) is 44.4 Å². The molecule has 0 atom stereocenters. The summed E-state index contributed by atoms with van der Waals surface area (Å²) >= 11 is 6.67. The fourth-order valence-corrected chi connectivity index (χ4v) is 5.37. The van der Waals surface area contributed by atoms with Gasteiger partial charge in [0.05, 0.1) is 10.5 Å². The molecule has 1 N–H and O–H groups in total. The molecule has 1 saturated heterocycles. The van der Waals surface area contributed by atoms with E-state index in [1.807, 2.05) is 19.1 Å². The molecule has 2 aromatic rings. The molecule has 1 amide bonds. The average molecular weight is 473 g/mol. The molecule has 1 aliphatic heterocycles. The predicted molar refractivity (Wildman–Crippen MR) is 133 cm³/mol. The number of rotatable bonds is 8. The lowest BCUT2D eigenvalue weighted by atomic mass is 9.95. The standard InChI is InChI=1S/C23H28N4O3S2/c1-2-30-14-8-13-27-22(29)18(32-23(27)31)15-17-20(24-16-9-4-3-5-10-16)25-19-11-6-7-12-26(19)21(17)28/h6-7,11-12,15-16,24H,2-5,8-10,13-14H2,1H3. The van der Waals surface area contributed by atoms with E-state index in [9.17, 15) is 9.59 Å². The second kappa shape index (κ2) is 10.6. The number of fused-ring (bicyclic) bond motifs is 1. The largest absolute Gasteiger partial charge is 0.382 e. The molecule has 7 nitrogen and oxygen atoms in total. The van der Waals surface area contributed by atoms with Crippen molar-refractivity contribution < 1.29 is 9.53 Å². The number of nitrogens with one attached hydrogen (secondary N) is 1. The van der Waals surface area contributed by atoms with E-state index in [0.717, 1.165) is 12.8 Å². The molecule has 2 fully saturated rings. The first kappa shape index (κ1) is 22.9. The molecule has 0 unspecified atom stereocenters. The fourth-order valence-electron chi connectivity index (χ4n) is 4.08. The quantitative estimate of drug-likeness (QED) is 0.353. The van der Waals surface area contributed by atoms with Gasteiger partial charge in [0.15, 0.2) is 0 Å². The summed E-state index contributed by atoms with van der Waals surface area (Å²) in [6.07, 6.45) is 9.74. The number of amides is 1. The molecule has 32 heavy (non-hydrogen) atoms. The van der Waals surface area contributed by atoms with Crippen LogP contribution in [0.15, 0.2) is 34.1 Å². The number of aromatic nitrogens is 2. The number of carbonyl (C=O) groups is 1. The average Bonchev–Trinajstić information content (AvgIpc) is 3.07. The van der Waals surface area contributed by atoms with Crippen LogP contribution in [0, 0.1) is 0 Å². The normalized spacial score (nSPS) is 18.8. The lowest BCUT2D eigenvalue weighted by Gasteiger charge is -2.24. The zero-order chi connectivity index (χ0) is 22.5. The second-order valence-electron chi connectivity index (χ2n) is 7.97. The SMILES string of the molecule is CCOCCCN1C(=O)C(=Cc2c(NC3CCCCC3)nc3ccccn3c2=O)SC1=S. The highest BCUT2D eigenvalue weighted by Gasteiger charge is 2.32. The molecule has 0 bridgehead atoms. The minimum Gasteiger partial charge on any atom is -0.382 e. The van der Waals surface area contributed by atoms with E-state index in [1.165, 1.54) is 35.4 Å². The third-order valence-corrected chi connectivity index (χ3v) is 7.12. The molecule has 1 saturated carbocycles. The summed E-state index contributed by atoms with van der Waals surface area (Å²) in [5.74, 6) is 0.368. The number of anilines is 1. The van der Waals surface area contributed by atoms with Crippen molar-refractivity contribution in [3.8, 4) is 0 Å². The molecule has 170 valence electrons. The highest BCUT2D eigenvalue weighted by atomic mass is 32.2. The monoisotopic (exact) mass is 472 g/mol. The number of thiocarbonyl (C=S) groups is 1. The fraction of sp³-hybridized carbons (Fsp3) is 0.478. The van der Waals surface area contributed by atoms with Crippen LogP contribution in [0.2, 0.25) is 0 Å². The smallest absolute Gasteiger partial charge is 0.267 e. The van der Waals surface area contributed by atoms with Crippen LogP contribution < -0.4 is 10.9 Å². The van der Waals surface area contributed by atoms with Gasteiger partial charge in [-0.2, -0.15) is 0 Å². The van der Waals surface area contributed by atoms with E-state index >= 15 is 0 Å². The van der Waals surface area contributed by atoms with Gasteiger partial charge in [-0.25, -0.2) is 4.98 Å². The van der Waals surface area contributed by atoms with Gasteiger partial charge in [0.2, 0.25) is 0 Å². The third kappa shape index (κ3) is 5.05. The van der Waals surface area contributed by atoms with Crippen LogP contribution in [0.3, 0.4) is 0 Å². The first-order valence-corrected chi connectivity index (χ1v) is 12.4. The zero-order valence-electron chi connectivity index (χ0n) is 18.2. The highest BCUT2D eigenvalue weighted by Crippen LogP contribution is 2.33. The van der Waals surface area contributed by atoms with E-state index < -0.39 is 0 Å². The topological polar surface area (TPSA) is 75.9 Å². The van der Waals surface area contributed by atoms with E-state index in [-0.39, 0.29) is 17.5 Å². The molecule has 2 aromatic heterocycles. The van der Waals surface area contributed by atoms with Gasteiger partial charge in [0.25, 0.3) is 11.5 Å². The number of ether oxygens (including phenoxy) is 1. The van der Waals surface area contributed by atoms with E-state index in [1.54, 1.807) is 23.2 Å².